The van der Waals surface area contributed by atoms with Crippen molar-refractivity contribution in [3.8, 4) is 0 Å². The molecule has 0 aromatic heterocycles. The van der Waals surface area contributed by atoms with E-state index in [1.165, 1.54) is 0 Å². The molecule has 4 N–H and O–H groups in total. The minimum atomic E-state index is -0.609. The molecule has 20 heavy (non-hydrogen) atoms. The van der Waals surface area contributed by atoms with Crippen molar-refractivity contribution in [3.05, 3.63) is 23.8 Å². The Bertz CT molecular complexity index is 500. The van der Waals surface area contributed by atoms with Crippen LogP contribution in [0.5, 0.6) is 0 Å². The molecule has 110 valence electrons. The maximum absolute atomic E-state index is 11.7. The molecular weight excluding hydrogens is 254 g/mol. The predicted molar refractivity (Wildman–Crippen MR) is 80.9 cm³/mol. The number of carbonyl (C=O) groups excluding carboxylic acids is 1. The summed E-state index contributed by atoms with van der Waals surface area (Å²) >= 11 is 0. The lowest BCUT2D eigenvalue weighted by Crippen LogP contribution is -2.29. The van der Waals surface area contributed by atoms with Crippen LogP contribution in [0.1, 0.15) is 36.5 Å². The fourth-order valence-electron chi connectivity index (χ4n) is 2.61. The molecule has 5 heteroatoms. The highest BCUT2D eigenvalue weighted by Crippen LogP contribution is 2.29. The normalized spacial score (nSPS) is 23.2. The average molecular weight is 277 g/mol. The van der Waals surface area contributed by atoms with Crippen LogP contribution in [0.4, 0.5) is 11.4 Å². The molecule has 1 fully saturated rings. The lowest BCUT2D eigenvalue weighted by molar-refractivity contribution is 0.0481. The van der Waals surface area contributed by atoms with Crippen molar-refractivity contribution in [2.45, 2.75) is 31.8 Å². The molecule has 0 bridgehead atoms. The summed E-state index contributed by atoms with van der Waals surface area (Å²) in [4.78, 5) is 13.9. The van der Waals surface area contributed by atoms with E-state index < -0.39 is 5.60 Å². The van der Waals surface area contributed by atoms with Crippen LogP contribution in [0.2, 0.25) is 0 Å². The fourth-order valence-corrected chi connectivity index (χ4v) is 2.61. The van der Waals surface area contributed by atoms with Gasteiger partial charge in [0, 0.05) is 25.7 Å². The van der Waals surface area contributed by atoms with Gasteiger partial charge in [-0.15, -0.1) is 0 Å². The predicted octanol–water partition coefficient (Wildman–Crippen LogP) is 1.37. The van der Waals surface area contributed by atoms with E-state index in [2.05, 4.69) is 10.2 Å². The Hall–Kier alpha value is -1.75. The minimum Gasteiger partial charge on any atom is -0.397 e. The Morgan fingerprint density at radius 1 is 1.40 bits per heavy atom. The van der Waals surface area contributed by atoms with Gasteiger partial charge in [-0.05, 0) is 44.4 Å². The van der Waals surface area contributed by atoms with Gasteiger partial charge < -0.3 is 21.1 Å². The molecule has 1 aliphatic rings. The maximum atomic E-state index is 11.7. The first-order valence-corrected chi connectivity index (χ1v) is 7.02. The van der Waals surface area contributed by atoms with Gasteiger partial charge in [0.25, 0.3) is 5.91 Å². The molecule has 1 aromatic carbocycles. The van der Waals surface area contributed by atoms with Crippen molar-refractivity contribution in [2.75, 3.05) is 30.8 Å². The maximum Gasteiger partial charge on any atom is 0.251 e. The Balaban J connectivity index is 2.25. The number of nitrogen functional groups attached to an aromatic ring is 1. The number of nitrogens with two attached hydrogens (primary N) is 1. The number of carbonyl (C=O) groups is 1. The molecule has 1 saturated heterocycles. The van der Waals surface area contributed by atoms with E-state index >= 15 is 0 Å². The molecule has 0 aliphatic carbocycles. The quantitative estimate of drug-likeness (QED) is 0.713. The summed E-state index contributed by atoms with van der Waals surface area (Å²) in [5.41, 5.74) is 7.58. The lowest BCUT2D eigenvalue weighted by Gasteiger charge is -2.26. The fraction of sp³-hybridized carbons (Fsp3) is 0.533. The summed E-state index contributed by atoms with van der Waals surface area (Å²) in [6.45, 7) is 3.47. The van der Waals surface area contributed by atoms with Gasteiger partial charge in [0.2, 0.25) is 0 Å². The summed E-state index contributed by atoms with van der Waals surface area (Å²) in [6, 6.07) is 5.32. The number of hydrogen-bond acceptors (Lipinski definition) is 4. The third-order valence-electron chi connectivity index (χ3n) is 3.92. The second-order valence-electron chi connectivity index (χ2n) is 5.69. The third kappa shape index (κ3) is 3.22. The number of anilines is 2. The number of amides is 1. The second kappa shape index (κ2) is 5.71. The summed E-state index contributed by atoms with van der Waals surface area (Å²) in [5, 5.41) is 12.8. The van der Waals surface area contributed by atoms with E-state index in [1.54, 1.807) is 19.2 Å². The zero-order valence-corrected chi connectivity index (χ0v) is 12.1. The van der Waals surface area contributed by atoms with Gasteiger partial charge in [0.15, 0.2) is 0 Å². The number of hydrogen-bond donors (Lipinski definition) is 3. The molecular formula is C15H23N3O2. The Morgan fingerprint density at radius 2 is 2.15 bits per heavy atom. The van der Waals surface area contributed by atoms with Crippen LogP contribution in [0, 0.1) is 0 Å². The SMILES string of the molecule is CNC(=O)c1ccc(N)c(N2CCCC(C)(O)CC2)c1. The smallest absolute Gasteiger partial charge is 0.251 e. The van der Waals surface area contributed by atoms with Gasteiger partial charge in [-0.25, -0.2) is 0 Å². The van der Waals surface area contributed by atoms with Crippen molar-refractivity contribution in [2.24, 2.45) is 0 Å². The average Bonchev–Trinajstić information content (AvgIpc) is 2.59. The summed E-state index contributed by atoms with van der Waals surface area (Å²) < 4.78 is 0. The van der Waals surface area contributed by atoms with E-state index in [9.17, 15) is 9.90 Å². The monoisotopic (exact) mass is 277 g/mol. The van der Waals surface area contributed by atoms with Gasteiger partial charge in [-0.3, -0.25) is 4.79 Å². The first kappa shape index (κ1) is 14.7. The van der Waals surface area contributed by atoms with Crippen molar-refractivity contribution < 1.29 is 9.90 Å². The third-order valence-corrected chi connectivity index (χ3v) is 3.92. The first-order valence-electron chi connectivity index (χ1n) is 7.02. The van der Waals surface area contributed by atoms with E-state index in [1.807, 2.05) is 13.0 Å². The van der Waals surface area contributed by atoms with Gasteiger partial charge in [-0.1, -0.05) is 0 Å². The molecule has 0 spiro atoms. The molecule has 1 aromatic rings. The van der Waals surface area contributed by atoms with Crippen LogP contribution in [-0.4, -0.2) is 36.8 Å². The van der Waals surface area contributed by atoms with Crippen molar-refractivity contribution >= 4 is 17.3 Å². The molecule has 5 nitrogen and oxygen atoms in total. The molecule has 1 aliphatic heterocycles. The molecule has 2 rings (SSSR count). The molecule has 1 atom stereocenters. The Labute approximate surface area is 119 Å². The van der Waals surface area contributed by atoms with Crippen LogP contribution < -0.4 is 16.0 Å². The van der Waals surface area contributed by atoms with Crippen molar-refractivity contribution in [1.29, 1.82) is 0 Å². The highest BCUT2D eigenvalue weighted by molar-refractivity contribution is 5.96. The van der Waals surface area contributed by atoms with Gasteiger partial charge in [-0.2, -0.15) is 0 Å². The van der Waals surface area contributed by atoms with Crippen molar-refractivity contribution in [1.82, 2.24) is 5.32 Å². The van der Waals surface area contributed by atoms with E-state index in [-0.39, 0.29) is 5.91 Å². The van der Waals surface area contributed by atoms with Crippen LogP contribution in [0.3, 0.4) is 0 Å². The summed E-state index contributed by atoms with van der Waals surface area (Å²) in [6.07, 6.45) is 2.41. The summed E-state index contributed by atoms with van der Waals surface area (Å²) in [5.74, 6) is -0.118. The highest BCUT2D eigenvalue weighted by Gasteiger charge is 2.25. The van der Waals surface area contributed by atoms with E-state index in [0.717, 1.165) is 31.6 Å². The number of nitrogens with one attached hydrogen (secondary N) is 1. The lowest BCUT2D eigenvalue weighted by atomic mass is 9.98. The number of rotatable bonds is 2. The van der Waals surface area contributed by atoms with E-state index in [0.29, 0.717) is 17.7 Å². The molecule has 1 amide bonds. The zero-order valence-electron chi connectivity index (χ0n) is 12.1. The largest absolute Gasteiger partial charge is 0.397 e. The molecule has 0 radical (unpaired) electrons. The van der Waals surface area contributed by atoms with Crippen LogP contribution in [0.15, 0.2) is 18.2 Å². The Kier molecular flexibility index (Phi) is 4.18. The zero-order chi connectivity index (χ0) is 14.8. The Morgan fingerprint density at radius 3 is 2.85 bits per heavy atom. The molecule has 1 unspecified atom stereocenters. The number of aliphatic hydroxyl groups is 1. The highest BCUT2D eigenvalue weighted by atomic mass is 16.3. The van der Waals surface area contributed by atoms with Crippen LogP contribution in [0.25, 0.3) is 0 Å². The van der Waals surface area contributed by atoms with Gasteiger partial charge >= 0.3 is 0 Å². The van der Waals surface area contributed by atoms with Gasteiger partial charge in [0.1, 0.15) is 0 Å². The standard InChI is InChI=1S/C15H23N3O2/c1-15(20)6-3-8-18(9-7-15)13-10-11(14(19)17-2)4-5-12(13)16/h4-5,10,20H,3,6-9,16H2,1-2H3,(H,17,19). The van der Waals surface area contributed by atoms with Crippen LogP contribution >= 0.6 is 0 Å². The molecule has 0 saturated carbocycles. The van der Waals surface area contributed by atoms with Crippen LogP contribution in [-0.2, 0) is 0 Å². The first-order chi connectivity index (χ1) is 9.43. The number of benzene rings is 1. The topological polar surface area (TPSA) is 78.6 Å². The summed E-state index contributed by atoms with van der Waals surface area (Å²) in [7, 11) is 1.61. The second-order valence-corrected chi connectivity index (χ2v) is 5.69. The molecule has 1 heterocycles. The van der Waals surface area contributed by atoms with E-state index in [4.69, 9.17) is 5.73 Å². The van der Waals surface area contributed by atoms with Crippen molar-refractivity contribution in [3.63, 3.8) is 0 Å². The minimum absolute atomic E-state index is 0.118. The van der Waals surface area contributed by atoms with Gasteiger partial charge in [0.05, 0.1) is 17.0 Å². The number of nitrogens with zero attached hydrogens (tertiary/aromatic N) is 1.